The lowest BCUT2D eigenvalue weighted by atomic mass is 10.2. The molecule has 0 saturated heterocycles. The summed E-state index contributed by atoms with van der Waals surface area (Å²) in [5, 5.41) is 1.27. The van der Waals surface area contributed by atoms with Gasteiger partial charge in [-0.2, -0.15) is 0 Å². The van der Waals surface area contributed by atoms with Crippen molar-refractivity contribution >= 4 is 26.8 Å². The Labute approximate surface area is 109 Å². The highest BCUT2D eigenvalue weighted by atomic mass is 79.9. The minimum absolute atomic E-state index is 1.15. The van der Waals surface area contributed by atoms with Gasteiger partial charge in [-0.1, -0.05) is 40.2 Å². The molecule has 0 aliphatic rings. The fraction of sp³-hybridized carbons (Fsp3) is 0.0667. The number of fused-ring (bicyclic) bond motifs is 1. The van der Waals surface area contributed by atoms with E-state index in [2.05, 4.69) is 82.1 Å². The molecule has 0 atom stereocenters. The summed E-state index contributed by atoms with van der Waals surface area (Å²) >= 11 is 3.58. The molecular weight excluding hydrogens is 274 g/mol. The van der Waals surface area contributed by atoms with Gasteiger partial charge in [0.05, 0.1) is 5.52 Å². The molecule has 0 saturated carbocycles. The van der Waals surface area contributed by atoms with Crippen molar-refractivity contribution in [3.63, 3.8) is 0 Å². The Morgan fingerprint density at radius 2 is 1.82 bits per heavy atom. The second kappa shape index (κ2) is 4.04. The summed E-state index contributed by atoms with van der Waals surface area (Å²) in [7, 11) is 0. The average molecular weight is 286 g/mol. The van der Waals surface area contributed by atoms with E-state index in [-0.39, 0.29) is 0 Å². The quantitative estimate of drug-likeness (QED) is 0.611. The number of hydrogen-bond acceptors (Lipinski definition) is 0. The van der Waals surface area contributed by atoms with E-state index in [9.17, 15) is 0 Å². The summed E-state index contributed by atoms with van der Waals surface area (Å²) in [6.07, 6.45) is 2.11. The number of aromatic nitrogens is 1. The molecule has 0 N–H and O–H groups in total. The highest BCUT2D eigenvalue weighted by molar-refractivity contribution is 9.10. The molecule has 0 aliphatic carbocycles. The number of aryl methyl sites for hydroxylation is 1. The van der Waals surface area contributed by atoms with E-state index in [4.69, 9.17) is 0 Å². The summed E-state index contributed by atoms with van der Waals surface area (Å²) in [6.45, 7) is 2.10. The third-order valence-electron chi connectivity index (χ3n) is 3.03. The van der Waals surface area contributed by atoms with Crippen LogP contribution in [-0.4, -0.2) is 4.57 Å². The van der Waals surface area contributed by atoms with E-state index in [1.54, 1.807) is 0 Å². The first-order chi connectivity index (χ1) is 8.25. The molecular formula is C15H12BrN. The van der Waals surface area contributed by atoms with Crippen molar-refractivity contribution in [2.75, 3.05) is 0 Å². The molecule has 84 valence electrons. The summed E-state index contributed by atoms with van der Waals surface area (Å²) in [5.41, 5.74) is 3.68. The zero-order valence-corrected chi connectivity index (χ0v) is 11.1. The number of hydrogen-bond donors (Lipinski definition) is 0. The van der Waals surface area contributed by atoms with Gasteiger partial charge in [0.2, 0.25) is 0 Å². The maximum atomic E-state index is 3.58. The molecule has 0 radical (unpaired) electrons. The zero-order chi connectivity index (χ0) is 11.8. The Morgan fingerprint density at radius 1 is 1.00 bits per heavy atom. The first-order valence-corrected chi connectivity index (χ1v) is 6.37. The van der Waals surface area contributed by atoms with Gasteiger partial charge in [0.1, 0.15) is 0 Å². The van der Waals surface area contributed by atoms with Crippen LogP contribution in [0, 0.1) is 6.92 Å². The highest BCUT2D eigenvalue weighted by Gasteiger charge is 2.03. The summed E-state index contributed by atoms with van der Waals surface area (Å²) in [6, 6.07) is 17.0. The van der Waals surface area contributed by atoms with Crippen LogP contribution in [0.2, 0.25) is 0 Å². The molecule has 2 aromatic carbocycles. The van der Waals surface area contributed by atoms with Gasteiger partial charge in [-0.3, -0.25) is 0 Å². The maximum absolute atomic E-state index is 3.58. The van der Waals surface area contributed by atoms with E-state index in [0.717, 1.165) is 4.47 Å². The van der Waals surface area contributed by atoms with Gasteiger partial charge in [-0.05, 0) is 42.1 Å². The van der Waals surface area contributed by atoms with Crippen molar-refractivity contribution in [1.29, 1.82) is 0 Å². The van der Waals surface area contributed by atoms with Gasteiger partial charge < -0.3 is 4.57 Å². The van der Waals surface area contributed by atoms with Crippen LogP contribution in [0.5, 0.6) is 0 Å². The number of benzene rings is 2. The molecule has 3 rings (SSSR count). The van der Waals surface area contributed by atoms with Gasteiger partial charge in [0.25, 0.3) is 0 Å². The van der Waals surface area contributed by atoms with Gasteiger partial charge in [0.15, 0.2) is 0 Å². The van der Waals surface area contributed by atoms with Crippen LogP contribution >= 0.6 is 15.9 Å². The predicted molar refractivity (Wildman–Crippen MR) is 75.7 cm³/mol. The van der Waals surface area contributed by atoms with Gasteiger partial charge in [0, 0.05) is 16.4 Å². The Bertz CT molecular complexity index is 682. The number of nitrogens with zero attached hydrogens (tertiary/aromatic N) is 1. The van der Waals surface area contributed by atoms with Crippen LogP contribution in [-0.2, 0) is 0 Å². The molecule has 1 nitrogen and oxygen atoms in total. The average Bonchev–Trinajstić information content (AvgIpc) is 2.76. The lowest BCUT2D eigenvalue weighted by Crippen LogP contribution is -1.92. The van der Waals surface area contributed by atoms with Crippen LogP contribution < -0.4 is 0 Å². The minimum atomic E-state index is 1.15. The fourth-order valence-corrected chi connectivity index (χ4v) is 2.41. The van der Waals surface area contributed by atoms with Crippen LogP contribution in [0.15, 0.2) is 59.2 Å². The summed E-state index contributed by atoms with van der Waals surface area (Å²) in [4.78, 5) is 0. The molecule has 0 aliphatic heterocycles. The summed E-state index contributed by atoms with van der Waals surface area (Å²) in [5.74, 6) is 0. The molecule has 0 amide bonds. The molecule has 1 aromatic heterocycles. The largest absolute Gasteiger partial charge is 0.317 e. The number of halogens is 1. The third-order valence-corrected chi connectivity index (χ3v) is 3.89. The second-order valence-electron chi connectivity index (χ2n) is 4.18. The lowest BCUT2D eigenvalue weighted by molar-refractivity contribution is 1.12. The van der Waals surface area contributed by atoms with Crippen molar-refractivity contribution in [2.24, 2.45) is 0 Å². The third kappa shape index (κ3) is 1.79. The van der Waals surface area contributed by atoms with Crippen LogP contribution in [0.25, 0.3) is 16.6 Å². The standard InChI is InChI=1S/C15H12BrN/c1-11-6-7-13(10-14(11)16)17-9-8-12-4-2-3-5-15(12)17/h2-10H,1H3. The maximum Gasteiger partial charge on any atom is 0.0528 e. The van der Waals surface area contributed by atoms with E-state index in [1.807, 2.05) is 0 Å². The number of rotatable bonds is 1. The van der Waals surface area contributed by atoms with E-state index < -0.39 is 0 Å². The first kappa shape index (κ1) is 10.6. The van der Waals surface area contributed by atoms with Crippen LogP contribution in [0.4, 0.5) is 0 Å². The van der Waals surface area contributed by atoms with Crippen molar-refractivity contribution in [3.05, 3.63) is 64.8 Å². The van der Waals surface area contributed by atoms with Crippen molar-refractivity contribution < 1.29 is 0 Å². The Hall–Kier alpha value is -1.54. The van der Waals surface area contributed by atoms with Crippen molar-refractivity contribution in [3.8, 4) is 5.69 Å². The predicted octanol–water partition coefficient (Wildman–Crippen LogP) is 4.70. The zero-order valence-electron chi connectivity index (χ0n) is 9.52. The van der Waals surface area contributed by atoms with Crippen LogP contribution in [0.1, 0.15) is 5.56 Å². The van der Waals surface area contributed by atoms with Crippen molar-refractivity contribution in [2.45, 2.75) is 6.92 Å². The fourth-order valence-electron chi connectivity index (χ4n) is 2.04. The van der Waals surface area contributed by atoms with Gasteiger partial charge in [-0.25, -0.2) is 0 Å². The van der Waals surface area contributed by atoms with E-state index in [0.29, 0.717) is 0 Å². The molecule has 0 unspecified atom stereocenters. The van der Waals surface area contributed by atoms with E-state index in [1.165, 1.54) is 22.2 Å². The molecule has 17 heavy (non-hydrogen) atoms. The first-order valence-electron chi connectivity index (χ1n) is 5.58. The second-order valence-corrected chi connectivity index (χ2v) is 5.03. The van der Waals surface area contributed by atoms with Crippen LogP contribution in [0.3, 0.4) is 0 Å². The summed E-state index contributed by atoms with van der Waals surface area (Å²) < 4.78 is 3.35. The number of para-hydroxylation sites is 1. The Kier molecular flexibility index (Phi) is 2.52. The molecule has 0 bridgehead atoms. The van der Waals surface area contributed by atoms with Gasteiger partial charge >= 0.3 is 0 Å². The molecule has 3 aromatic rings. The smallest absolute Gasteiger partial charge is 0.0528 e. The monoisotopic (exact) mass is 285 g/mol. The Balaban J connectivity index is 2.24. The topological polar surface area (TPSA) is 4.93 Å². The highest BCUT2D eigenvalue weighted by Crippen LogP contribution is 2.24. The normalized spacial score (nSPS) is 10.9. The lowest BCUT2D eigenvalue weighted by Gasteiger charge is -2.07. The molecule has 0 spiro atoms. The molecule has 1 heterocycles. The Morgan fingerprint density at radius 3 is 2.65 bits per heavy atom. The van der Waals surface area contributed by atoms with Gasteiger partial charge in [-0.15, -0.1) is 0 Å². The SMILES string of the molecule is Cc1ccc(-n2ccc3ccccc32)cc1Br. The molecule has 2 heteroatoms. The molecule has 0 fully saturated rings. The van der Waals surface area contributed by atoms with E-state index >= 15 is 0 Å². The van der Waals surface area contributed by atoms with Crippen molar-refractivity contribution in [1.82, 2.24) is 4.57 Å². The minimum Gasteiger partial charge on any atom is -0.317 e.